The molecule has 0 N–H and O–H groups in total. The number of nitrogens with zero attached hydrogens (tertiary/aromatic N) is 1. The molecule has 3 heteroatoms. The Kier molecular flexibility index (Phi) is 6.34. The standard InChI is InChI=1S/C9H18ClN.ClH/c1-8-3-4-9(2)11(7-8)6-5-10;/h8-9H,3-7H2,1-2H3;1H. The number of hydrogen-bond donors (Lipinski definition) is 0. The van der Waals surface area contributed by atoms with Gasteiger partial charge in [-0.05, 0) is 25.7 Å². The second-order valence-electron chi connectivity index (χ2n) is 3.72. The van der Waals surface area contributed by atoms with Crippen molar-refractivity contribution in [3.05, 3.63) is 0 Å². The fourth-order valence-electron chi connectivity index (χ4n) is 1.80. The van der Waals surface area contributed by atoms with Crippen LogP contribution < -0.4 is 0 Å². The predicted octanol–water partition coefficient (Wildman–Crippen LogP) is 2.77. The predicted molar refractivity (Wildman–Crippen MR) is 57.4 cm³/mol. The first kappa shape index (κ1) is 12.5. The summed E-state index contributed by atoms with van der Waals surface area (Å²) in [5.41, 5.74) is 0. The van der Waals surface area contributed by atoms with Gasteiger partial charge in [0.25, 0.3) is 0 Å². The summed E-state index contributed by atoms with van der Waals surface area (Å²) >= 11 is 5.71. The summed E-state index contributed by atoms with van der Waals surface area (Å²) in [5, 5.41) is 0. The molecule has 1 rings (SSSR count). The number of hydrogen-bond acceptors (Lipinski definition) is 1. The molecule has 0 aromatic heterocycles. The van der Waals surface area contributed by atoms with E-state index in [0.717, 1.165) is 24.4 Å². The average molecular weight is 212 g/mol. The molecular weight excluding hydrogens is 193 g/mol. The highest BCUT2D eigenvalue weighted by Gasteiger charge is 2.21. The highest BCUT2D eigenvalue weighted by Crippen LogP contribution is 2.20. The van der Waals surface area contributed by atoms with E-state index in [0.29, 0.717) is 0 Å². The Morgan fingerprint density at radius 3 is 2.58 bits per heavy atom. The van der Waals surface area contributed by atoms with E-state index in [-0.39, 0.29) is 12.4 Å². The van der Waals surface area contributed by atoms with Crippen LogP contribution in [0, 0.1) is 5.92 Å². The summed E-state index contributed by atoms with van der Waals surface area (Å²) in [6.45, 7) is 6.94. The van der Waals surface area contributed by atoms with Crippen molar-refractivity contribution in [2.45, 2.75) is 32.7 Å². The van der Waals surface area contributed by atoms with Crippen LogP contribution in [-0.4, -0.2) is 29.9 Å². The zero-order valence-electron chi connectivity index (χ0n) is 7.92. The van der Waals surface area contributed by atoms with Crippen molar-refractivity contribution in [3.8, 4) is 0 Å². The molecule has 0 spiro atoms. The smallest absolute Gasteiger partial charge is 0.0351 e. The molecule has 1 heterocycles. The summed E-state index contributed by atoms with van der Waals surface area (Å²) in [7, 11) is 0. The van der Waals surface area contributed by atoms with Crippen LogP contribution in [0.1, 0.15) is 26.7 Å². The van der Waals surface area contributed by atoms with Gasteiger partial charge in [0, 0.05) is 25.0 Å². The highest BCUT2D eigenvalue weighted by molar-refractivity contribution is 6.18. The third-order valence-corrected chi connectivity index (χ3v) is 2.79. The minimum absolute atomic E-state index is 0. The van der Waals surface area contributed by atoms with Crippen LogP contribution in [0.3, 0.4) is 0 Å². The van der Waals surface area contributed by atoms with E-state index >= 15 is 0 Å². The van der Waals surface area contributed by atoms with Crippen LogP contribution in [0.25, 0.3) is 0 Å². The van der Waals surface area contributed by atoms with Gasteiger partial charge in [-0.2, -0.15) is 0 Å². The van der Waals surface area contributed by atoms with Gasteiger partial charge < -0.3 is 0 Å². The number of likely N-dealkylation sites (tertiary alicyclic amines) is 1. The molecule has 0 aliphatic carbocycles. The number of halogens is 2. The Balaban J connectivity index is 0.00000121. The lowest BCUT2D eigenvalue weighted by Gasteiger charge is -2.36. The van der Waals surface area contributed by atoms with Crippen molar-refractivity contribution in [3.63, 3.8) is 0 Å². The van der Waals surface area contributed by atoms with Crippen molar-refractivity contribution < 1.29 is 0 Å². The maximum atomic E-state index is 5.71. The lowest BCUT2D eigenvalue weighted by molar-refractivity contribution is 0.133. The molecule has 1 nitrogen and oxygen atoms in total. The Bertz CT molecular complexity index is 119. The molecular formula is C9H19Cl2N. The quantitative estimate of drug-likeness (QED) is 0.636. The summed E-state index contributed by atoms with van der Waals surface area (Å²) in [6, 6.07) is 0.755. The van der Waals surface area contributed by atoms with Crippen LogP contribution in [0.5, 0.6) is 0 Å². The molecule has 74 valence electrons. The molecule has 0 aromatic rings. The maximum absolute atomic E-state index is 5.71. The third kappa shape index (κ3) is 3.51. The third-order valence-electron chi connectivity index (χ3n) is 2.62. The fraction of sp³-hybridized carbons (Fsp3) is 1.00. The van der Waals surface area contributed by atoms with E-state index in [4.69, 9.17) is 11.6 Å². The zero-order chi connectivity index (χ0) is 8.27. The Hall–Kier alpha value is 0.540. The minimum Gasteiger partial charge on any atom is -0.299 e. The zero-order valence-corrected chi connectivity index (χ0v) is 9.50. The van der Waals surface area contributed by atoms with Gasteiger partial charge in [0.15, 0.2) is 0 Å². The van der Waals surface area contributed by atoms with Gasteiger partial charge >= 0.3 is 0 Å². The second-order valence-corrected chi connectivity index (χ2v) is 4.09. The van der Waals surface area contributed by atoms with E-state index in [1.165, 1.54) is 19.4 Å². The van der Waals surface area contributed by atoms with Crippen LogP contribution >= 0.6 is 24.0 Å². The fourth-order valence-corrected chi connectivity index (χ4v) is 2.02. The molecule has 1 aliphatic rings. The molecule has 0 amide bonds. The molecule has 12 heavy (non-hydrogen) atoms. The maximum Gasteiger partial charge on any atom is 0.0351 e. The molecule has 2 atom stereocenters. The first-order valence-corrected chi connectivity index (χ1v) is 5.07. The minimum atomic E-state index is 0. The van der Waals surface area contributed by atoms with Crippen molar-refractivity contribution in [1.29, 1.82) is 0 Å². The molecule has 1 saturated heterocycles. The van der Waals surface area contributed by atoms with Crippen molar-refractivity contribution in [1.82, 2.24) is 4.90 Å². The highest BCUT2D eigenvalue weighted by atomic mass is 35.5. The van der Waals surface area contributed by atoms with Crippen molar-refractivity contribution in [2.24, 2.45) is 5.92 Å². The molecule has 2 unspecified atom stereocenters. The van der Waals surface area contributed by atoms with Crippen LogP contribution in [-0.2, 0) is 0 Å². The topological polar surface area (TPSA) is 3.24 Å². The molecule has 1 fully saturated rings. The van der Waals surface area contributed by atoms with Crippen LogP contribution in [0.15, 0.2) is 0 Å². The summed E-state index contributed by atoms with van der Waals surface area (Å²) in [4.78, 5) is 2.50. The van der Waals surface area contributed by atoms with E-state index in [9.17, 15) is 0 Å². The number of piperidine rings is 1. The molecule has 0 saturated carbocycles. The van der Waals surface area contributed by atoms with Crippen molar-refractivity contribution >= 4 is 24.0 Å². The lowest BCUT2D eigenvalue weighted by Crippen LogP contribution is -2.41. The van der Waals surface area contributed by atoms with Crippen LogP contribution in [0.2, 0.25) is 0 Å². The molecule has 0 bridgehead atoms. The van der Waals surface area contributed by atoms with Gasteiger partial charge in [0.05, 0.1) is 0 Å². The van der Waals surface area contributed by atoms with Gasteiger partial charge in [-0.25, -0.2) is 0 Å². The van der Waals surface area contributed by atoms with Gasteiger partial charge in [0.1, 0.15) is 0 Å². The largest absolute Gasteiger partial charge is 0.299 e. The summed E-state index contributed by atoms with van der Waals surface area (Å²) in [6.07, 6.45) is 2.73. The molecule has 0 aromatic carbocycles. The van der Waals surface area contributed by atoms with Gasteiger partial charge in [-0.1, -0.05) is 6.92 Å². The monoisotopic (exact) mass is 211 g/mol. The van der Waals surface area contributed by atoms with Gasteiger partial charge in [0.2, 0.25) is 0 Å². The molecule has 1 aliphatic heterocycles. The molecule has 0 radical (unpaired) electrons. The van der Waals surface area contributed by atoms with Crippen molar-refractivity contribution in [2.75, 3.05) is 19.0 Å². The Labute approximate surface area is 86.9 Å². The van der Waals surface area contributed by atoms with Crippen LogP contribution in [0.4, 0.5) is 0 Å². The van der Waals surface area contributed by atoms with E-state index in [1.807, 2.05) is 0 Å². The second kappa shape index (κ2) is 6.06. The first-order valence-electron chi connectivity index (χ1n) is 4.54. The Morgan fingerprint density at radius 1 is 1.33 bits per heavy atom. The average Bonchev–Trinajstić information content (AvgIpc) is 1.98. The number of rotatable bonds is 2. The number of alkyl halides is 1. The van der Waals surface area contributed by atoms with E-state index < -0.39 is 0 Å². The normalized spacial score (nSPS) is 31.2. The Morgan fingerprint density at radius 2 is 2.00 bits per heavy atom. The van der Waals surface area contributed by atoms with Gasteiger partial charge in [-0.3, -0.25) is 4.90 Å². The van der Waals surface area contributed by atoms with E-state index in [1.54, 1.807) is 0 Å². The van der Waals surface area contributed by atoms with Gasteiger partial charge in [-0.15, -0.1) is 24.0 Å². The first-order chi connectivity index (χ1) is 5.24. The SMILES string of the molecule is CC1CCC(C)N(CCCl)C1.Cl. The summed E-state index contributed by atoms with van der Waals surface area (Å²) in [5.74, 6) is 1.64. The summed E-state index contributed by atoms with van der Waals surface area (Å²) < 4.78 is 0. The lowest BCUT2D eigenvalue weighted by atomic mass is 9.95. The van der Waals surface area contributed by atoms with E-state index in [2.05, 4.69) is 18.7 Å².